The van der Waals surface area contributed by atoms with Crippen LogP contribution in [0, 0.1) is 0 Å². The standard InChI is InChI=1S/C10H7NOS/c12-10(9-4-2-6-13-9)8-3-1-5-11-7-8/h1-7H. The molecule has 0 aromatic carbocycles. The molecule has 0 spiro atoms. The monoisotopic (exact) mass is 189 g/mol. The molecule has 0 fully saturated rings. The Hall–Kier alpha value is -1.48. The van der Waals surface area contributed by atoms with E-state index in [1.807, 2.05) is 17.5 Å². The second kappa shape index (κ2) is 3.49. The molecule has 0 atom stereocenters. The summed E-state index contributed by atoms with van der Waals surface area (Å²) in [5.74, 6) is 0.0445. The second-order valence-corrected chi connectivity index (χ2v) is 3.50. The number of thiophene rings is 1. The first-order chi connectivity index (χ1) is 6.38. The van der Waals surface area contributed by atoms with Crippen LogP contribution >= 0.6 is 11.3 Å². The van der Waals surface area contributed by atoms with E-state index in [1.165, 1.54) is 11.3 Å². The predicted molar refractivity (Wildman–Crippen MR) is 52.0 cm³/mol. The number of hydrogen-bond donors (Lipinski definition) is 0. The lowest BCUT2D eigenvalue weighted by Gasteiger charge is -1.94. The Kier molecular flexibility index (Phi) is 2.19. The fourth-order valence-corrected chi connectivity index (χ4v) is 1.73. The van der Waals surface area contributed by atoms with Gasteiger partial charge in [0.15, 0.2) is 0 Å². The molecule has 0 aliphatic carbocycles. The lowest BCUT2D eigenvalue weighted by atomic mass is 10.2. The van der Waals surface area contributed by atoms with Crippen molar-refractivity contribution in [3.63, 3.8) is 0 Å². The molecule has 2 nitrogen and oxygen atoms in total. The predicted octanol–water partition coefficient (Wildman–Crippen LogP) is 2.37. The molecule has 0 aliphatic heterocycles. The van der Waals surface area contributed by atoms with Crippen LogP contribution in [0.4, 0.5) is 0 Å². The van der Waals surface area contributed by atoms with E-state index >= 15 is 0 Å². The minimum atomic E-state index is 0.0445. The molecule has 0 unspecified atom stereocenters. The van der Waals surface area contributed by atoms with Gasteiger partial charge in [-0.25, -0.2) is 0 Å². The molecule has 3 heteroatoms. The fourth-order valence-electron chi connectivity index (χ4n) is 1.05. The second-order valence-electron chi connectivity index (χ2n) is 2.55. The van der Waals surface area contributed by atoms with Crippen LogP contribution in [-0.4, -0.2) is 10.8 Å². The highest BCUT2D eigenvalue weighted by Gasteiger charge is 2.08. The quantitative estimate of drug-likeness (QED) is 0.679. The average molecular weight is 189 g/mol. The Balaban J connectivity index is 2.34. The molecular weight excluding hydrogens is 182 g/mol. The first-order valence-electron chi connectivity index (χ1n) is 3.86. The fraction of sp³-hybridized carbons (Fsp3) is 0. The van der Waals surface area contributed by atoms with Crippen LogP contribution < -0.4 is 0 Å². The molecule has 0 N–H and O–H groups in total. The maximum atomic E-state index is 11.7. The Labute approximate surface area is 79.9 Å². The zero-order valence-electron chi connectivity index (χ0n) is 6.81. The number of aromatic nitrogens is 1. The van der Waals surface area contributed by atoms with Gasteiger partial charge < -0.3 is 0 Å². The number of nitrogens with zero attached hydrogens (tertiary/aromatic N) is 1. The highest BCUT2D eigenvalue weighted by atomic mass is 32.1. The summed E-state index contributed by atoms with van der Waals surface area (Å²) in [5, 5.41) is 1.89. The van der Waals surface area contributed by atoms with Gasteiger partial charge in [0.05, 0.1) is 4.88 Å². The first-order valence-corrected chi connectivity index (χ1v) is 4.74. The number of rotatable bonds is 2. The van der Waals surface area contributed by atoms with Crippen LogP contribution in [0.3, 0.4) is 0 Å². The number of ketones is 1. The van der Waals surface area contributed by atoms with Gasteiger partial charge >= 0.3 is 0 Å². The summed E-state index contributed by atoms with van der Waals surface area (Å²) in [7, 11) is 0. The van der Waals surface area contributed by atoms with Gasteiger partial charge in [-0.3, -0.25) is 9.78 Å². The molecule has 0 bridgehead atoms. The first kappa shape index (κ1) is 8.13. The molecule has 2 aromatic heterocycles. The van der Waals surface area contributed by atoms with E-state index in [0.717, 1.165) is 4.88 Å². The molecule has 2 heterocycles. The summed E-state index contributed by atoms with van der Waals surface area (Å²) in [6, 6.07) is 7.23. The van der Waals surface area contributed by atoms with Gasteiger partial charge in [0.1, 0.15) is 0 Å². The van der Waals surface area contributed by atoms with Crippen molar-refractivity contribution in [3.8, 4) is 0 Å². The summed E-state index contributed by atoms with van der Waals surface area (Å²) >= 11 is 1.45. The van der Waals surface area contributed by atoms with Crippen molar-refractivity contribution >= 4 is 17.1 Å². The number of carbonyl (C=O) groups is 1. The average Bonchev–Trinajstić information content (AvgIpc) is 2.71. The van der Waals surface area contributed by atoms with Crippen LogP contribution in [0.25, 0.3) is 0 Å². The molecule has 2 aromatic rings. The van der Waals surface area contributed by atoms with Gasteiger partial charge in [-0.05, 0) is 23.6 Å². The van der Waals surface area contributed by atoms with Gasteiger partial charge in [-0.2, -0.15) is 0 Å². The van der Waals surface area contributed by atoms with E-state index in [1.54, 1.807) is 24.5 Å². The van der Waals surface area contributed by atoms with Crippen LogP contribution in [-0.2, 0) is 0 Å². The molecule has 0 aliphatic rings. The van der Waals surface area contributed by atoms with Gasteiger partial charge in [0.2, 0.25) is 5.78 Å². The minimum absolute atomic E-state index is 0.0445. The highest BCUT2D eigenvalue weighted by molar-refractivity contribution is 7.12. The highest BCUT2D eigenvalue weighted by Crippen LogP contribution is 2.13. The van der Waals surface area contributed by atoms with E-state index in [9.17, 15) is 4.79 Å². The molecule has 0 saturated heterocycles. The van der Waals surface area contributed by atoms with Crippen molar-refractivity contribution in [2.24, 2.45) is 0 Å². The number of hydrogen-bond acceptors (Lipinski definition) is 3. The summed E-state index contributed by atoms with van der Waals surface area (Å²) < 4.78 is 0. The molecule has 64 valence electrons. The van der Waals surface area contributed by atoms with Crippen LogP contribution in [0.2, 0.25) is 0 Å². The van der Waals surface area contributed by atoms with E-state index in [0.29, 0.717) is 5.56 Å². The van der Waals surface area contributed by atoms with Crippen LogP contribution in [0.5, 0.6) is 0 Å². The Morgan fingerprint density at radius 3 is 2.85 bits per heavy atom. The van der Waals surface area contributed by atoms with Crippen LogP contribution in [0.1, 0.15) is 15.2 Å². The van der Waals surface area contributed by atoms with Gasteiger partial charge in [-0.15, -0.1) is 11.3 Å². The summed E-state index contributed by atoms with van der Waals surface area (Å²) in [6.07, 6.45) is 3.24. The minimum Gasteiger partial charge on any atom is -0.288 e. The lowest BCUT2D eigenvalue weighted by molar-refractivity contribution is 0.104. The molecule has 0 radical (unpaired) electrons. The van der Waals surface area contributed by atoms with Gasteiger partial charge in [0, 0.05) is 18.0 Å². The topological polar surface area (TPSA) is 30.0 Å². The van der Waals surface area contributed by atoms with E-state index in [2.05, 4.69) is 4.98 Å². The van der Waals surface area contributed by atoms with Crippen molar-refractivity contribution < 1.29 is 4.79 Å². The number of carbonyl (C=O) groups excluding carboxylic acids is 1. The Morgan fingerprint density at radius 1 is 1.31 bits per heavy atom. The van der Waals surface area contributed by atoms with E-state index < -0.39 is 0 Å². The third-order valence-corrected chi connectivity index (χ3v) is 2.54. The van der Waals surface area contributed by atoms with Gasteiger partial charge in [0.25, 0.3) is 0 Å². The van der Waals surface area contributed by atoms with Crippen molar-refractivity contribution in [2.45, 2.75) is 0 Å². The van der Waals surface area contributed by atoms with Gasteiger partial charge in [-0.1, -0.05) is 6.07 Å². The smallest absolute Gasteiger partial charge is 0.204 e. The maximum absolute atomic E-state index is 11.7. The van der Waals surface area contributed by atoms with Crippen LogP contribution in [0.15, 0.2) is 42.0 Å². The summed E-state index contributed by atoms with van der Waals surface area (Å²) in [4.78, 5) is 16.3. The maximum Gasteiger partial charge on any atom is 0.204 e. The van der Waals surface area contributed by atoms with Crippen molar-refractivity contribution in [2.75, 3.05) is 0 Å². The zero-order valence-corrected chi connectivity index (χ0v) is 7.62. The molecule has 2 rings (SSSR count). The zero-order chi connectivity index (χ0) is 9.10. The molecule has 13 heavy (non-hydrogen) atoms. The Morgan fingerprint density at radius 2 is 2.23 bits per heavy atom. The van der Waals surface area contributed by atoms with E-state index in [-0.39, 0.29) is 5.78 Å². The SMILES string of the molecule is O=C(c1cccnc1)c1cccs1. The summed E-state index contributed by atoms with van der Waals surface area (Å²) in [5.41, 5.74) is 0.643. The third kappa shape index (κ3) is 1.65. The normalized spacial score (nSPS) is 9.85. The molecule has 0 amide bonds. The summed E-state index contributed by atoms with van der Waals surface area (Å²) in [6.45, 7) is 0. The van der Waals surface area contributed by atoms with E-state index in [4.69, 9.17) is 0 Å². The number of pyridine rings is 1. The molecular formula is C10H7NOS. The Bertz CT molecular complexity index is 394. The third-order valence-electron chi connectivity index (χ3n) is 1.67. The van der Waals surface area contributed by atoms with Crippen molar-refractivity contribution in [1.29, 1.82) is 0 Å². The van der Waals surface area contributed by atoms with Crippen molar-refractivity contribution in [1.82, 2.24) is 4.98 Å². The lowest BCUT2D eigenvalue weighted by Crippen LogP contribution is -1.98. The largest absolute Gasteiger partial charge is 0.288 e. The molecule has 0 saturated carbocycles. The van der Waals surface area contributed by atoms with Crippen molar-refractivity contribution in [3.05, 3.63) is 52.5 Å².